The van der Waals surface area contributed by atoms with Gasteiger partial charge in [0.15, 0.2) is 0 Å². The highest BCUT2D eigenvalue weighted by Gasteiger charge is 2.05. The monoisotopic (exact) mass is 251 g/mol. The van der Waals surface area contributed by atoms with Crippen LogP contribution in [0.3, 0.4) is 0 Å². The van der Waals surface area contributed by atoms with Crippen LogP contribution in [-0.4, -0.2) is 0 Å². The lowest BCUT2D eigenvalue weighted by molar-refractivity contribution is 0.631. The fourth-order valence-electron chi connectivity index (χ4n) is 1.68. The molecule has 2 N–H and O–H groups in total. The standard InChI is InChI=1S/C14H14FN.ClH/c1-10(16)11-5-4-6-12(9-11)13-7-2-3-8-14(13)15;/h2-10H,16H2,1H3;1H/t10-;/m1./s1. The Labute approximate surface area is 107 Å². The minimum atomic E-state index is -0.204. The minimum absolute atomic E-state index is 0. The fourth-order valence-corrected chi connectivity index (χ4v) is 1.68. The highest BCUT2D eigenvalue weighted by molar-refractivity contribution is 5.85. The van der Waals surface area contributed by atoms with Crippen molar-refractivity contribution in [2.45, 2.75) is 13.0 Å². The van der Waals surface area contributed by atoms with E-state index in [1.54, 1.807) is 12.1 Å². The largest absolute Gasteiger partial charge is 0.324 e. The Morgan fingerprint density at radius 3 is 2.41 bits per heavy atom. The van der Waals surface area contributed by atoms with Gasteiger partial charge in [0.25, 0.3) is 0 Å². The van der Waals surface area contributed by atoms with Crippen molar-refractivity contribution in [1.82, 2.24) is 0 Å². The predicted octanol–water partition coefficient (Wildman–Crippen LogP) is 3.93. The van der Waals surface area contributed by atoms with Crippen LogP contribution in [0.4, 0.5) is 4.39 Å². The van der Waals surface area contributed by atoms with E-state index < -0.39 is 0 Å². The Bertz CT molecular complexity index is 497. The number of rotatable bonds is 2. The number of nitrogens with two attached hydrogens (primary N) is 1. The van der Waals surface area contributed by atoms with E-state index in [2.05, 4.69) is 0 Å². The first-order chi connectivity index (χ1) is 7.68. The van der Waals surface area contributed by atoms with Gasteiger partial charge in [0, 0.05) is 11.6 Å². The highest BCUT2D eigenvalue weighted by Crippen LogP contribution is 2.24. The van der Waals surface area contributed by atoms with Gasteiger partial charge in [0.2, 0.25) is 0 Å². The molecule has 2 aromatic carbocycles. The molecule has 0 saturated heterocycles. The van der Waals surface area contributed by atoms with Crippen molar-refractivity contribution in [3.63, 3.8) is 0 Å². The summed E-state index contributed by atoms with van der Waals surface area (Å²) in [5, 5.41) is 0. The lowest BCUT2D eigenvalue weighted by atomic mass is 10.0. The van der Waals surface area contributed by atoms with Gasteiger partial charge in [-0.3, -0.25) is 0 Å². The Kier molecular flexibility index (Phi) is 4.67. The summed E-state index contributed by atoms with van der Waals surface area (Å²) in [5.74, 6) is -0.204. The van der Waals surface area contributed by atoms with Gasteiger partial charge >= 0.3 is 0 Å². The van der Waals surface area contributed by atoms with Crippen molar-refractivity contribution in [2.24, 2.45) is 5.73 Å². The molecule has 0 unspecified atom stereocenters. The van der Waals surface area contributed by atoms with Gasteiger partial charge < -0.3 is 5.73 Å². The summed E-state index contributed by atoms with van der Waals surface area (Å²) in [5.41, 5.74) is 8.30. The molecule has 0 fully saturated rings. The number of halogens is 2. The molecule has 0 amide bonds. The van der Waals surface area contributed by atoms with Crippen molar-refractivity contribution >= 4 is 12.4 Å². The molecule has 0 aliphatic rings. The van der Waals surface area contributed by atoms with Crippen LogP contribution in [0.1, 0.15) is 18.5 Å². The molecular weight excluding hydrogens is 237 g/mol. The van der Waals surface area contributed by atoms with Gasteiger partial charge in [-0.15, -0.1) is 12.4 Å². The normalized spacial score (nSPS) is 11.7. The van der Waals surface area contributed by atoms with Crippen LogP contribution >= 0.6 is 12.4 Å². The molecule has 17 heavy (non-hydrogen) atoms. The van der Waals surface area contributed by atoms with E-state index in [0.717, 1.165) is 11.1 Å². The Hall–Kier alpha value is -1.38. The van der Waals surface area contributed by atoms with E-state index in [9.17, 15) is 4.39 Å². The zero-order valence-electron chi connectivity index (χ0n) is 9.56. The predicted molar refractivity (Wildman–Crippen MR) is 71.7 cm³/mol. The van der Waals surface area contributed by atoms with E-state index in [1.165, 1.54) is 6.07 Å². The van der Waals surface area contributed by atoms with E-state index in [-0.39, 0.29) is 24.3 Å². The van der Waals surface area contributed by atoms with Crippen molar-refractivity contribution < 1.29 is 4.39 Å². The van der Waals surface area contributed by atoms with Crippen LogP contribution in [0.5, 0.6) is 0 Å². The van der Waals surface area contributed by atoms with Gasteiger partial charge in [0.1, 0.15) is 5.82 Å². The lowest BCUT2D eigenvalue weighted by Gasteiger charge is -2.08. The van der Waals surface area contributed by atoms with Gasteiger partial charge in [-0.1, -0.05) is 36.4 Å². The molecular formula is C14H15ClFN. The summed E-state index contributed by atoms with van der Waals surface area (Å²) in [7, 11) is 0. The smallest absolute Gasteiger partial charge is 0.131 e. The Balaban J connectivity index is 0.00000144. The molecule has 0 aliphatic carbocycles. The third kappa shape index (κ3) is 3.05. The maximum absolute atomic E-state index is 13.6. The lowest BCUT2D eigenvalue weighted by Crippen LogP contribution is -2.04. The molecule has 1 nitrogen and oxygen atoms in total. The van der Waals surface area contributed by atoms with E-state index in [4.69, 9.17) is 5.73 Å². The molecule has 0 aromatic heterocycles. The zero-order valence-corrected chi connectivity index (χ0v) is 10.4. The van der Waals surface area contributed by atoms with E-state index in [0.29, 0.717) is 5.56 Å². The summed E-state index contributed by atoms with van der Waals surface area (Å²) in [6, 6.07) is 14.4. The molecule has 1 atom stereocenters. The van der Waals surface area contributed by atoms with Crippen molar-refractivity contribution in [3.05, 3.63) is 59.9 Å². The quantitative estimate of drug-likeness (QED) is 0.860. The van der Waals surface area contributed by atoms with Crippen molar-refractivity contribution in [1.29, 1.82) is 0 Å². The molecule has 0 aliphatic heterocycles. The molecule has 0 spiro atoms. The summed E-state index contributed by atoms with van der Waals surface area (Å²) >= 11 is 0. The first kappa shape index (κ1) is 13.7. The third-order valence-electron chi connectivity index (χ3n) is 2.60. The van der Waals surface area contributed by atoms with Crippen molar-refractivity contribution in [2.75, 3.05) is 0 Å². The molecule has 2 rings (SSSR count). The van der Waals surface area contributed by atoms with Crippen LogP contribution in [0.15, 0.2) is 48.5 Å². The average Bonchev–Trinajstić information content (AvgIpc) is 2.30. The first-order valence-electron chi connectivity index (χ1n) is 5.29. The molecule has 3 heteroatoms. The first-order valence-corrected chi connectivity index (χ1v) is 5.29. The second-order valence-corrected chi connectivity index (χ2v) is 3.89. The molecule has 0 saturated carbocycles. The highest BCUT2D eigenvalue weighted by atomic mass is 35.5. The summed E-state index contributed by atoms with van der Waals surface area (Å²) in [4.78, 5) is 0. The number of benzene rings is 2. The van der Waals surface area contributed by atoms with Gasteiger partial charge in [0.05, 0.1) is 0 Å². The fraction of sp³-hybridized carbons (Fsp3) is 0.143. The van der Waals surface area contributed by atoms with Crippen LogP contribution in [0.2, 0.25) is 0 Å². The Morgan fingerprint density at radius 2 is 1.76 bits per heavy atom. The maximum atomic E-state index is 13.6. The number of hydrogen-bond acceptors (Lipinski definition) is 1. The van der Waals surface area contributed by atoms with Crippen LogP contribution in [-0.2, 0) is 0 Å². The Morgan fingerprint density at radius 1 is 1.06 bits per heavy atom. The van der Waals surface area contributed by atoms with E-state index in [1.807, 2.05) is 37.3 Å². The van der Waals surface area contributed by atoms with Crippen molar-refractivity contribution in [3.8, 4) is 11.1 Å². The topological polar surface area (TPSA) is 26.0 Å². The number of hydrogen-bond donors (Lipinski definition) is 1. The summed E-state index contributed by atoms with van der Waals surface area (Å²) in [6.07, 6.45) is 0. The SMILES string of the molecule is C[C@@H](N)c1cccc(-c2ccccc2F)c1.Cl. The molecule has 0 radical (unpaired) electrons. The summed E-state index contributed by atoms with van der Waals surface area (Å²) < 4.78 is 13.6. The second kappa shape index (κ2) is 5.80. The zero-order chi connectivity index (χ0) is 11.5. The van der Waals surface area contributed by atoms with Crippen LogP contribution in [0, 0.1) is 5.82 Å². The minimum Gasteiger partial charge on any atom is -0.324 e. The second-order valence-electron chi connectivity index (χ2n) is 3.89. The van der Waals surface area contributed by atoms with Crippen LogP contribution in [0.25, 0.3) is 11.1 Å². The average molecular weight is 252 g/mol. The molecule has 0 heterocycles. The summed E-state index contributed by atoms with van der Waals surface area (Å²) in [6.45, 7) is 1.92. The molecule has 90 valence electrons. The van der Waals surface area contributed by atoms with Gasteiger partial charge in [-0.05, 0) is 30.2 Å². The molecule has 2 aromatic rings. The van der Waals surface area contributed by atoms with Gasteiger partial charge in [-0.25, -0.2) is 4.39 Å². The third-order valence-corrected chi connectivity index (χ3v) is 2.60. The molecule has 0 bridgehead atoms. The van der Waals surface area contributed by atoms with Crippen LogP contribution < -0.4 is 5.73 Å². The maximum Gasteiger partial charge on any atom is 0.131 e. The van der Waals surface area contributed by atoms with E-state index >= 15 is 0 Å². The van der Waals surface area contributed by atoms with Gasteiger partial charge in [-0.2, -0.15) is 0 Å².